The first-order valence-electron chi connectivity index (χ1n) is 11.0. The van der Waals surface area contributed by atoms with E-state index in [2.05, 4.69) is 5.32 Å². The minimum absolute atomic E-state index is 0.0282. The van der Waals surface area contributed by atoms with E-state index < -0.39 is 54.0 Å². The van der Waals surface area contributed by atoms with Crippen molar-refractivity contribution in [2.75, 3.05) is 5.32 Å². The molecule has 7 nitrogen and oxygen atoms in total. The van der Waals surface area contributed by atoms with E-state index in [1.165, 1.54) is 13.0 Å². The van der Waals surface area contributed by atoms with Crippen LogP contribution in [0.25, 0.3) is 0 Å². The van der Waals surface area contributed by atoms with E-state index in [-0.39, 0.29) is 11.3 Å². The number of nitrogens with zero attached hydrogens (tertiary/aromatic N) is 1. The summed E-state index contributed by atoms with van der Waals surface area (Å²) in [5, 5.41) is 3.06. The molecule has 3 amide bonds. The van der Waals surface area contributed by atoms with Crippen LogP contribution in [0.15, 0.2) is 66.7 Å². The largest absolute Gasteiger partial charge is 0.481 e. The second-order valence-corrected chi connectivity index (χ2v) is 8.79. The van der Waals surface area contributed by atoms with Gasteiger partial charge in [0.1, 0.15) is 23.4 Å². The highest BCUT2D eigenvalue weighted by Crippen LogP contribution is 2.38. The monoisotopic (exact) mass is 513 g/mol. The molecule has 4 rings (SSSR count). The fourth-order valence-corrected chi connectivity index (χ4v) is 4.31. The predicted molar refractivity (Wildman–Crippen MR) is 129 cm³/mol. The zero-order valence-electron chi connectivity index (χ0n) is 19.1. The minimum Gasteiger partial charge on any atom is -0.481 e. The van der Waals surface area contributed by atoms with Crippen molar-refractivity contribution in [2.45, 2.75) is 31.5 Å². The summed E-state index contributed by atoms with van der Waals surface area (Å²) in [5.41, 5.74) is 6.41. The highest BCUT2D eigenvalue weighted by molar-refractivity contribution is 6.31. The number of primary amides is 1. The van der Waals surface area contributed by atoms with E-state index in [0.29, 0.717) is 22.4 Å². The van der Waals surface area contributed by atoms with Gasteiger partial charge in [0.2, 0.25) is 11.8 Å². The van der Waals surface area contributed by atoms with Crippen LogP contribution in [0.3, 0.4) is 0 Å². The molecule has 3 atom stereocenters. The highest BCUT2D eigenvalue weighted by Gasteiger charge is 2.44. The lowest BCUT2D eigenvalue weighted by molar-refractivity contribution is -0.148. The standard InChI is InChI=1S/C26H22ClF2N3O4/c1-14(25(30)34)32(22(33)11-15-9-18(28)13-19(29)10-15)23-24(16-5-3-2-4-6-16)36-21-8-7-17(27)12-20(21)31-26(23)35/h2-10,12-14,23-24H,11H2,1H3,(H2,30,34)(H,31,35)/t14-,23-,24+/m0/s1. The molecule has 1 heterocycles. The summed E-state index contributed by atoms with van der Waals surface area (Å²) >= 11 is 6.09. The van der Waals surface area contributed by atoms with Crippen molar-refractivity contribution in [3.8, 4) is 5.75 Å². The Morgan fingerprint density at radius 1 is 1.08 bits per heavy atom. The first-order valence-corrected chi connectivity index (χ1v) is 11.4. The van der Waals surface area contributed by atoms with Gasteiger partial charge in [0.25, 0.3) is 5.91 Å². The number of fused-ring (bicyclic) bond motifs is 1. The first-order chi connectivity index (χ1) is 17.1. The van der Waals surface area contributed by atoms with Gasteiger partial charge in [0, 0.05) is 11.1 Å². The van der Waals surface area contributed by atoms with Gasteiger partial charge in [-0.15, -0.1) is 0 Å². The van der Waals surface area contributed by atoms with Crippen LogP contribution in [0, 0.1) is 11.6 Å². The van der Waals surface area contributed by atoms with Crippen molar-refractivity contribution < 1.29 is 27.9 Å². The summed E-state index contributed by atoms with van der Waals surface area (Å²) in [6, 6.07) is 13.4. The smallest absolute Gasteiger partial charge is 0.251 e. The Bertz CT molecular complexity index is 1300. The number of hydrogen-bond donors (Lipinski definition) is 2. The predicted octanol–water partition coefficient (Wildman–Crippen LogP) is 4.00. The summed E-state index contributed by atoms with van der Waals surface area (Å²) in [4.78, 5) is 40.4. The van der Waals surface area contributed by atoms with E-state index in [1.807, 2.05) is 0 Å². The molecule has 1 aliphatic heterocycles. The summed E-state index contributed by atoms with van der Waals surface area (Å²) in [5.74, 6) is -3.71. The molecule has 0 unspecified atom stereocenters. The van der Waals surface area contributed by atoms with Crippen molar-refractivity contribution in [1.29, 1.82) is 0 Å². The molecule has 36 heavy (non-hydrogen) atoms. The summed E-state index contributed by atoms with van der Waals surface area (Å²) in [6.07, 6.45) is -1.54. The Morgan fingerprint density at radius 2 is 1.75 bits per heavy atom. The van der Waals surface area contributed by atoms with Crippen molar-refractivity contribution in [1.82, 2.24) is 4.90 Å². The number of ether oxygens (including phenoxy) is 1. The van der Waals surface area contributed by atoms with Gasteiger partial charge >= 0.3 is 0 Å². The van der Waals surface area contributed by atoms with Gasteiger partial charge < -0.3 is 20.7 Å². The van der Waals surface area contributed by atoms with Crippen molar-refractivity contribution in [3.05, 3.63) is 94.5 Å². The number of halogens is 3. The molecule has 3 aromatic carbocycles. The van der Waals surface area contributed by atoms with Crippen molar-refractivity contribution in [2.24, 2.45) is 5.73 Å². The van der Waals surface area contributed by atoms with E-state index in [1.54, 1.807) is 42.5 Å². The number of carbonyl (C=O) groups is 3. The number of hydrogen-bond acceptors (Lipinski definition) is 4. The fraction of sp³-hybridized carbons (Fsp3) is 0.192. The van der Waals surface area contributed by atoms with Gasteiger partial charge in [0.15, 0.2) is 12.1 Å². The third-order valence-electron chi connectivity index (χ3n) is 5.83. The molecule has 0 radical (unpaired) electrons. The molecular weight excluding hydrogens is 492 g/mol. The number of amides is 3. The molecule has 0 aliphatic carbocycles. The van der Waals surface area contributed by atoms with Crippen LogP contribution in [0.2, 0.25) is 5.02 Å². The molecule has 0 fully saturated rings. The number of nitrogens with two attached hydrogens (primary N) is 1. The summed E-state index contributed by atoms with van der Waals surface area (Å²) in [7, 11) is 0. The van der Waals surface area contributed by atoms with Gasteiger partial charge in [0.05, 0.1) is 12.1 Å². The van der Waals surface area contributed by atoms with Gasteiger partial charge in [-0.1, -0.05) is 41.9 Å². The maximum atomic E-state index is 13.8. The van der Waals surface area contributed by atoms with Crippen molar-refractivity contribution in [3.63, 3.8) is 0 Å². The Hall–Kier alpha value is -3.98. The maximum Gasteiger partial charge on any atom is 0.251 e. The summed E-state index contributed by atoms with van der Waals surface area (Å²) < 4.78 is 33.8. The molecule has 3 aromatic rings. The Labute approximate surface area is 210 Å². The lowest BCUT2D eigenvalue weighted by Gasteiger charge is -2.37. The average molecular weight is 514 g/mol. The lowest BCUT2D eigenvalue weighted by Crippen LogP contribution is -2.58. The summed E-state index contributed by atoms with van der Waals surface area (Å²) in [6.45, 7) is 1.37. The van der Waals surface area contributed by atoms with Crippen molar-refractivity contribution >= 4 is 35.0 Å². The van der Waals surface area contributed by atoms with Gasteiger partial charge in [-0.05, 0) is 48.4 Å². The molecular formula is C26H22ClF2N3O4. The molecule has 0 aromatic heterocycles. The Kier molecular flexibility index (Phi) is 7.21. The third-order valence-corrected chi connectivity index (χ3v) is 6.07. The van der Waals surface area contributed by atoms with Crippen LogP contribution in [0.1, 0.15) is 24.2 Å². The molecule has 186 valence electrons. The van der Waals surface area contributed by atoms with E-state index in [4.69, 9.17) is 22.1 Å². The van der Waals surface area contributed by atoms with Crippen LogP contribution >= 0.6 is 11.6 Å². The van der Waals surface area contributed by atoms with Crippen LogP contribution in [0.5, 0.6) is 5.75 Å². The highest BCUT2D eigenvalue weighted by atomic mass is 35.5. The molecule has 0 saturated carbocycles. The minimum atomic E-state index is -1.37. The molecule has 0 saturated heterocycles. The lowest BCUT2D eigenvalue weighted by atomic mass is 9.97. The van der Waals surface area contributed by atoms with E-state index in [9.17, 15) is 23.2 Å². The quantitative estimate of drug-likeness (QED) is 0.520. The van der Waals surface area contributed by atoms with Crippen LogP contribution in [0.4, 0.5) is 14.5 Å². The number of benzene rings is 3. The van der Waals surface area contributed by atoms with Gasteiger partial charge in [-0.2, -0.15) is 0 Å². The second kappa shape index (κ2) is 10.3. The van der Waals surface area contributed by atoms with Crippen LogP contribution in [-0.2, 0) is 20.8 Å². The number of carbonyl (C=O) groups excluding carboxylic acids is 3. The first kappa shape index (κ1) is 25.1. The zero-order chi connectivity index (χ0) is 26.0. The zero-order valence-corrected chi connectivity index (χ0v) is 19.8. The fourth-order valence-electron chi connectivity index (χ4n) is 4.14. The number of anilines is 1. The SMILES string of the molecule is C[C@@H](C(N)=O)N(C(=O)Cc1cc(F)cc(F)c1)[C@@H]1C(=O)Nc2cc(Cl)ccc2O[C@@H]1c1ccccc1. The average Bonchev–Trinajstić information content (AvgIpc) is 2.95. The Balaban J connectivity index is 1.81. The molecule has 10 heteroatoms. The normalized spacial score (nSPS) is 17.7. The van der Waals surface area contributed by atoms with E-state index >= 15 is 0 Å². The van der Waals surface area contributed by atoms with Gasteiger partial charge in [-0.25, -0.2) is 8.78 Å². The molecule has 0 spiro atoms. The molecule has 3 N–H and O–H groups in total. The third kappa shape index (κ3) is 5.31. The second-order valence-electron chi connectivity index (χ2n) is 8.36. The molecule has 0 bridgehead atoms. The van der Waals surface area contributed by atoms with E-state index in [0.717, 1.165) is 17.0 Å². The van der Waals surface area contributed by atoms with Gasteiger partial charge in [-0.3, -0.25) is 14.4 Å². The Morgan fingerprint density at radius 3 is 2.39 bits per heavy atom. The van der Waals surface area contributed by atoms with Crippen LogP contribution in [-0.4, -0.2) is 34.7 Å². The topological polar surface area (TPSA) is 102 Å². The number of rotatable bonds is 6. The maximum absolute atomic E-state index is 13.8. The molecule has 1 aliphatic rings. The number of nitrogens with one attached hydrogen (secondary N) is 1. The van der Waals surface area contributed by atoms with Crippen LogP contribution < -0.4 is 15.8 Å².